The Labute approximate surface area is 104 Å². The first-order chi connectivity index (χ1) is 8.74. The summed E-state index contributed by atoms with van der Waals surface area (Å²) in [6.45, 7) is 0. The highest BCUT2D eigenvalue weighted by atomic mass is 19.1. The number of aryl methyl sites for hydroxylation is 1. The van der Waals surface area contributed by atoms with Gasteiger partial charge in [0, 0.05) is 17.1 Å². The fourth-order valence-corrected chi connectivity index (χ4v) is 2.59. The molecule has 1 aromatic carbocycles. The number of hydrogen-bond acceptors (Lipinski definition) is 4. The summed E-state index contributed by atoms with van der Waals surface area (Å²) in [4.78, 5) is 4.51. The minimum absolute atomic E-state index is 0.207. The summed E-state index contributed by atoms with van der Waals surface area (Å²) in [7, 11) is 1.45. The molecular weight excluding hydrogens is 233 g/mol. The smallest absolute Gasteiger partial charge is 0.167 e. The van der Waals surface area contributed by atoms with Crippen molar-refractivity contribution in [2.24, 2.45) is 5.84 Å². The second-order valence-electron chi connectivity index (χ2n) is 4.41. The predicted molar refractivity (Wildman–Crippen MR) is 68.1 cm³/mol. The number of ether oxygens (including phenoxy) is 1. The number of rotatable bonds is 2. The van der Waals surface area contributed by atoms with Gasteiger partial charge in [-0.3, -0.25) is 10.8 Å². The van der Waals surface area contributed by atoms with Crippen LogP contribution in [0.1, 0.15) is 17.7 Å². The first-order valence-electron chi connectivity index (χ1n) is 5.90. The maximum atomic E-state index is 13.7. The van der Waals surface area contributed by atoms with Crippen LogP contribution >= 0.6 is 0 Å². The van der Waals surface area contributed by atoms with Crippen molar-refractivity contribution >= 4 is 16.6 Å². The Morgan fingerprint density at radius 3 is 2.94 bits per heavy atom. The molecule has 0 atom stereocenters. The summed E-state index contributed by atoms with van der Waals surface area (Å²) in [6, 6.07) is 3.04. The van der Waals surface area contributed by atoms with Gasteiger partial charge in [-0.2, -0.15) is 0 Å². The van der Waals surface area contributed by atoms with Gasteiger partial charge in [-0.1, -0.05) is 0 Å². The topological polar surface area (TPSA) is 60.2 Å². The molecule has 0 radical (unpaired) electrons. The predicted octanol–water partition coefficient (Wildman–Crippen LogP) is 2.16. The maximum absolute atomic E-state index is 13.7. The summed E-state index contributed by atoms with van der Waals surface area (Å²) in [5.41, 5.74) is 6.33. The van der Waals surface area contributed by atoms with Gasteiger partial charge in [-0.05, 0) is 30.9 Å². The Balaban J connectivity index is 2.36. The van der Waals surface area contributed by atoms with Crippen LogP contribution < -0.4 is 16.0 Å². The van der Waals surface area contributed by atoms with Gasteiger partial charge in [0.25, 0.3) is 0 Å². The summed E-state index contributed by atoms with van der Waals surface area (Å²) < 4.78 is 18.7. The molecule has 3 N–H and O–H groups in total. The zero-order chi connectivity index (χ0) is 12.7. The highest BCUT2D eigenvalue weighted by Gasteiger charge is 2.20. The number of fused-ring (bicyclic) bond motifs is 2. The van der Waals surface area contributed by atoms with Crippen LogP contribution in [-0.2, 0) is 12.8 Å². The van der Waals surface area contributed by atoms with Crippen molar-refractivity contribution in [3.8, 4) is 5.75 Å². The molecule has 5 heteroatoms. The molecule has 0 aliphatic heterocycles. The van der Waals surface area contributed by atoms with Crippen LogP contribution in [0.3, 0.4) is 0 Å². The first kappa shape index (κ1) is 11.2. The van der Waals surface area contributed by atoms with Crippen molar-refractivity contribution in [3.05, 3.63) is 29.2 Å². The van der Waals surface area contributed by atoms with Crippen molar-refractivity contribution in [2.45, 2.75) is 19.3 Å². The molecule has 0 fully saturated rings. The zero-order valence-corrected chi connectivity index (χ0v) is 10.1. The Bertz CT molecular complexity index is 627. The summed E-state index contributed by atoms with van der Waals surface area (Å²) in [6.07, 6.45) is 2.94. The molecule has 1 aliphatic rings. The Hall–Kier alpha value is -1.88. The largest absolute Gasteiger partial charge is 0.494 e. The standard InChI is InChI=1S/C13H14FN3O/c1-18-12-5-8-11(6-9(12)14)16-10-4-2-3-7(10)13(8)17-15/h5-6H,2-4,15H2,1H3,(H,16,17). The fraction of sp³-hybridized carbons (Fsp3) is 0.308. The number of aromatic nitrogens is 1. The molecule has 4 nitrogen and oxygen atoms in total. The van der Waals surface area contributed by atoms with Gasteiger partial charge in [0.15, 0.2) is 11.6 Å². The van der Waals surface area contributed by atoms with Gasteiger partial charge in [-0.25, -0.2) is 4.39 Å². The molecule has 0 bridgehead atoms. The minimum atomic E-state index is -0.404. The number of nitrogens with two attached hydrogens (primary N) is 1. The second kappa shape index (κ2) is 4.10. The molecule has 1 heterocycles. The van der Waals surface area contributed by atoms with Crippen LogP contribution in [-0.4, -0.2) is 12.1 Å². The third kappa shape index (κ3) is 1.51. The van der Waals surface area contributed by atoms with Crippen LogP contribution in [0.25, 0.3) is 10.9 Å². The van der Waals surface area contributed by atoms with Crippen molar-refractivity contribution in [1.29, 1.82) is 0 Å². The zero-order valence-electron chi connectivity index (χ0n) is 10.1. The summed E-state index contributed by atoms with van der Waals surface area (Å²) in [5.74, 6) is 5.41. The van der Waals surface area contributed by atoms with E-state index in [1.54, 1.807) is 6.07 Å². The van der Waals surface area contributed by atoms with Gasteiger partial charge in [0.1, 0.15) is 0 Å². The Kier molecular flexibility index (Phi) is 2.56. The number of hydrogen-bond donors (Lipinski definition) is 2. The molecule has 18 heavy (non-hydrogen) atoms. The highest BCUT2D eigenvalue weighted by molar-refractivity contribution is 5.94. The number of nitrogens with one attached hydrogen (secondary N) is 1. The molecule has 2 aromatic rings. The van der Waals surface area contributed by atoms with Crippen molar-refractivity contribution < 1.29 is 9.13 Å². The first-order valence-corrected chi connectivity index (χ1v) is 5.90. The number of benzene rings is 1. The lowest BCUT2D eigenvalue weighted by atomic mass is 10.1. The van der Waals surface area contributed by atoms with Crippen LogP contribution in [0.4, 0.5) is 10.1 Å². The average molecular weight is 247 g/mol. The fourth-order valence-electron chi connectivity index (χ4n) is 2.59. The van der Waals surface area contributed by atoms with Gasteiger partial charge >= 0.3 is 0 Å². The van der Waals surface area contributed by atoms with Gasteiger partial charge < -0.3 is 10.2 Å². The molecule has 0 amide bonds. The van der Waals surface area contributed by atoms with E-state index in [9.17, 15) is 4.39 Å². The molecule has 0 unspecified atom stereocenters. The number of nitrogens with zero attached hydrogens (tertiary/aromatic N) is 1. The summed E-state index contributed by atoms with van der Waals surface area (Å²) >= 11 is 0. The molecule has 0 spiro atoms. The molecule has 94 valence electrons. The maximum Gasteiger partial charge on any atom is 0.167 e. The molecule has 1 aromatic heterocycles. The van der Waals surface area contributed by atoms with E-state index in [0.717, 1.165) is 41.6 Å². The number of pyridine rings is 1. The van der Waals surface area contributed by atoms with E-state index in [1.807, 2.05) is 0 Å². The van der Waals surface area contributed by atoms with E-state index < -0.39 is 5.82 Å². The van der Waals surface area contributed by atoms with Crippen LogP contribution in [0.15, 0.2) is 12.1 Å². The average Bonchev–Trinajstić information content (AvgIpc) is 2.82. The van der Waals surface area contributed by atoms with Crippen molar-refractivity contribution in [1.82, 2.24) is 4.98 Å². The van der Waals surface area contributed by atoms with Gasteiger partial charge in [0.2, 0.25) is 0 Å². The number of halogens is 1. The SMILES string of the molecule is COc1cc2c(NN)c3c(nc2cc1F)CCC3. The van der Waals surface area contributed by atoms with Crippen LogP contribution in [0.5, 0.6) is 5.75 Å². The minimum Gasteiger partial charge on any atom is -0.494 e. The highest BCUT2D eigenvalue weighted by Crippen LogP contribution is 2.35. The molecule has 1 aliphatic carbocycles. The number of methoxy groups -OCH3 is 1. The van der Waals surface area contributed by atoms with E-state index in [0.29, 0.717) is 5.52 Å². The molecule has 0 saturated carbocycles. The van der Waals surface area contributed by atoms with Crippen LogP contribution in [0, 0.1) is 5.82 Å². The molecule has 0 saturated heterocycles. The van der Waals surface area contributed by atoms with Crippen molar-refractivity contribution in [2.75, 3.05) is 12.5 Å². The van der Waals surface area contributed by atoms with Gasteiger partial charge in [-0.15, -0.1) is 0 Å². The lowest BCUT2D eigenvalue weighted by Gasteiger charge is -2.13. The van der Waals surface area contributed by atoms with E-state index in [-0.39, 0.29) is 5.75 Å². The van der Waals surface area contributed by atoms with E-state index in [4.69, 9.17) is 10.6 Å². The monoisotopic (exact) mass is 247 g/mol. The second-order valence-corrected chi connectivity index (χ2v) is 4.41. The Morgan fingerprint density at radius 2 is 2.22 bits per heavy atom. The molecule has 3 rings (SSSR count). The normalized spacial score (nSPS) is 13.7. The number of nitrogen functional groups attached to an aromatic ring is 1. The van der Waals surface area contributed by atoms with E-state index >= 15 is 0 Å². The Morgan fingerprint density at radius 1 is 1.39 bits per heavy atom. The van der Waals surface area contributed by atoms with E-state index in [2.05, 4.69) is 10.4 Å². The lowest BCUT2D eigenvalue weighted by Crippen LogP contribution is -2.11. The number of anilines is 1. The number of hydrazine groups is 1. The molecular formula is C13H14FN3O. The third-order valence-corrected chi connectivity index (χ3v) is 3.43. The van der Waals surface area contributed by atoms with E-state index in [1.165, 1.54) is 13.2 Å². The van der Waals surface area contributed by atoms with Crippen LogP contribution in [0.2, 0.25) is 0 Å². The third-order valence-electron chi connectivity index (χ3n) is 3.43. The van der Waals surface area contributed by atoms with Gasteiger partial charge in [0.05, 0.1) is 18.3 Å². The quantitative estimate of drug-likeness (QED) is 0.630. The summed E-state index contributed by atoms with van der Waals surface area (Å²) in [5, 5.41) is 0.802. The van der Waals surface area contributed by atoms with Crippen molar-refractivity contribution in [3.63, 3.8) is 0 Å². The lowest BCUT2D eigenvalue weighted by molar-refractivity contribution is 0.387.